The van der Waals surface area contributed by atoms with Crippen LogP contribution in [0.3, 0.4) is 0 Å². The molecule has 0 aromatic heterocycles. The van der Waals surface area contributed by atoms with Gasteiger partial charge in [-0.1, -0.05) is 41.9 Å². The number of nitrogens with two attached hydrogens (primary N) is 1. The molecule has 0 unspecified atom stereocenters. The van der Waals surface area contributed by atoms with E-state index >= 15 is 0 Å². The SMILES string of the molecule is NNC(=O)Cc1ccc(COc2cccc(Cl)c2)cc1. The van der Waals surface area contributed by atoms with Crippen LogP contribution in [0.25, 0.3) is 0 Å². The summed E-state index contributed by atoms with van der Waals surface area (Å²) < 4.78 is 5.63. The monoisotopic (exact) mass is 290 g/mol. The standard InChI is InChI=1S/C15H15ClN2O2/c16-13-2-1-3-14(9-13)20-10-12-6-4-11(5-7-12)8-15(19)18-17/h1-7,9H,8,10,17H2,(H,18,19). The van der Waals surface area contributed by atoms with Crippen LogP contribution >= 0.6 is 11.6 Å². The van der Waals surface area contributed by atoms with Crippen molar-refractivity contribution in [3.63, 3.8) is 0 Å². The van der Waals surface area contributed by atoms with Gasteiger partial charge in [0.2, 0.25) is 5.91 Å². The first kappa shape index (κ1) is 14.4. The zero-order valence-corrected chi connectivity index (χ0v) is 11.6. The van der Waals surface area contributed by atoms with Gasteiger partial charge in [-0.15, -0.1) is 0 Å². The normalized spacial score (nSPS) is 10.1. The van der Waals surface area contributed by atoms with Crippen molar-refractivity contribution in [3.8, 4) is 5.75 Å². The Morgan fingerprint density at radius 2 is 1.85 bits per heavy atom. The predicted octanol–water partition coefficient (Wildman–Crippen LogP) is 2.45. The summed E-state index contributed by atoms with van der Waals surface area (Å²) in [5.41, 5.74) is 4.02. The summed E-state index contributed by atoms with van der Waals surface area (Å²) in [6.07, 6.45) is 0.270. The summed E-state index contributed by atoms with van der Waals surface area (Å²) in [6, 6.07) is 14.9. The van der Waals surface area contributed by atoms with Crippen LogP contribution in [0.2, 0.25) is 5.02 Å². The topological polar surface area (TPSA) is 64.3 Å². The molecule has 0 saturated carbocycles. The zero-order valence-electron chi connectivity index (χ0n) is 10.8. The summed E-state index contributed by atoms with van der Waals surface area (Å²) >= 11 is 5.88. The molecule has 0 spiro atoms. The van der Waals surface area contributed by atoms with Crippen molar-refractivity contribution >= 4 is 17.5 Å². The summed E-state index contributed by atoms with van der Waals surface area (Å²) in [7, 11) is 0. The molecule has 4 nitrogen and oxygen atoms in total. The molecule has 5 heteroatoms. The van der Waals surface area contributed by atoms with Gasteiger partial charge in [0.15, 0.2) is 0 Å². The van der Waals surface area contributed by atoms with E-state index in [1.165, 1.54) is 0 Å². The Labute approximate surface area is 122 Å². The lowest BCUT2D eigenvalue weighted by Crippen LogP contribution is -2.31. The van der Waals surface area contributed by atoms with Gasteiger partial charge >= 0.3 is 0 Å². The molecule has 0 fully saturated rings. The smallest absolute Gasteiger partial charge is 0.238 e. The first-order valence-electron chi connectivity index (χ1n) is 6.13. The Hall–Kier alpha value is -2.04. The van der Waals surface area contributed by atoms with Gasteiger partial charge in [-0.25, -0.2) is 5.84 Å². The number of amides is 1. The minimum Gasteiger partial charge on any atom is -0.489 e. The van der Waals surface area contributed by atoms with Crippen molar-refractivity contribution in [1.82, 2.24) is 5.43 Å². The molecule has 2 aromatic rings. The van der Waals surface area contributed by atoms with E-state index in [9.17, 15) is 4.79 Å². The van der Waals surface area contributed by atoms with Crippen molar-refractivity contribution < 1.29 is 9.53 Å². The van der Waals surface area contributed by atoms with Crippen molar-refractivity contribution in [2.24, 2.45) is 5.84 Å². The van der Waals surface area contributed by atoms with Gasteiger partial charge in [-0.2, -0.15) is 0 Å². The summed E-state index contributed by atoms with van der Waals surface area (Å²) in [5.74, 6) is 5.55. The number of hydrogen-bond acceptors (Lipinski definition) is 3. The Morgan fingerprint density at radius 1 is 1.15 bits per heavy atom. The number of hydrogen-bond donors (Lipinski definition) is 2. The van der Waals surface area contributed by atoms with E-state index in [-0.39, 0.29) is 12.3 Å². The van der Waals surface area contributed by atoms with Crippen LogP contribution in [-0.4, -0.2) is 5.91 Å². The van der Waals surface area contributed by atoms with E-state index in [4.69, 9.17) is 22.2 Å². The second-order valence-corrected chi connectivity index (χ2v) is 4.74. The summed E-state index contributed by atoms with van der Waals surface area (Å²) in [6.45, 7) is 0.448. The molecule has 0 heterocycles. The lowest BCUT2D eigenvalue weighted by Gasteiger charge is -2.07. The Kier molecular flexibility index (Phi) is 4.98. The molecule has 0 saturated heterocycles. The molecule has 1 amide bonds. The van der Waals surface area contributed by atoms with Gasteiger partial charge in [0.1, 0.15) is 12.4 Å². The van der Waals surface area contributed by atoms with Crippen LogP contribution in [0, 0.1) is 0 Å². The Bertz CT molecular complexity index is 585. The highest BCUT2D eigenvalue weighted by Crippen LogP contribution is 2.18. The zero-order chi connectivity index (χ0) is 14.4. The number of hydrazine groups is 1. The maximum atomic E-state index is 11.1. The van der Waals surface area contributed by atoms with E-state index in [0.29, 0.717) is 11.6 Å². The van der Waals surface area contributed by atoms with E-state index < -0.39 is 0 Å². The quantitative estimate of drug-likeness (QED) is 0.505. The first-order valence-corrected chi connectivity index (χ1v) is 6.51. The molecular formula is C15H15ClN2O2. The van der Waals surface area contributed by atoms with Crippen molar-refractivity contribution in [1.29, 1.82) is 0 Å². The maximum absolute atomic E-state index is 11.1. The molecule has 0 atom stereocenters. The highest BCUT2D eigenvalue weighted by atomic mass is 35.5. The summed E-state index contributed by atoms with van der Waals surface area (Å²) in [4.78, 5) is 11.1. The molecule has 2 aromatic carbocycles. The molecule has 0 aliphatic heterocycles. The number of benzene rings is 2. The third-order valence-electron chi connectivity index (χ3n) is 2.75. The average Bonchev–Trinajstić information content (AvgIpc) is 2.46. The molecule has 2 rings (SSSR count). The van der Waals surface area contributed by atoms with Crippen molar-refractivity contribution in [2.75, 3.05) is 0 Å². The summed E-state index contributed by atoms with van der Waals surface area (Å²) in [5, 5.41) is 0.644. The largest absolute Gasteiger partial charge is 0.489 e. The van der Waals surface area contributed by atoms with Crippen LogP contribution in [-0.2, 0) is 17.8 Å². The van der Waals surface area contributed by atoms with Crippen LogP contribution in [0.4, 0.5) is 0 Å². The first-order chi connectivity index (χ1) is 9.67. The van der Waals surface area contributed by atoms with Crippen LogP contribution < -0.4 is 16.0 Å². The highest BCUT2D eigenvalue weighted by Gasteiger charge is 2.02. The number of carbonyl (C=O) groups is 1. The minimum atomic E-state index is -0.215. The van der Waals surface area contributed by atoms with E-state index in [0.717, 1.165) is 16.9 Å². The van der Waals surface area contributed by atoms with E-state index in [1.54, 1.807) is 12.1 Å². The fourth-order valence-electron chi connectivity index (χ4n) is 1.71. The Morgan fingerprint density at radius 3 is 2.50 bits per heavy atom. The molecule has 0 radical (unpaired) electrons. The van der Waals surface area contributed by atoms with Gasteiger partial charge < -0.3 is 4.74 Å². The van der Waals surface area contributed by atoms with Gasteiger partial charge in [0.05, 0.1) is 6.42 Å². The molecule has 20 heavy (non-hydrogen) atoms. The number of carbonyl (C=O) groups excluding carboxylic acids is 1. The number of ether oxygens (including phenoxy) is 1. The molecule has 0 aliphatic rings. The lowest BCUT2D eigenvalue weighted by atomic mass is 10.1. The third-order valence-corrected chi connectivity index (χ3v) is 2.99. The van der Waals surface area contributed by atoms with Gasteiger partial charge in [-0.05, 0) is 29.3 Å². The average molecular weight is 291 g/mol. The predicted molar refractivity (Wildman–Crippen MR) is 78.3 cm³/mol. The fraction of sp³-hybridized carbons (Fsp3) is 0.133. The van der Waals surface area contributed by atoms with Gasteiger partial charge in [-0.3, -0.25) is 10.2 Å². The van der Waals surface area contributed by atoms with Crippen molar-refractivity contribution in [3.05, 3.63) is 64.7 Å². The van der Waals surface area contributed by atoms with Gasteiger partial charge in [0, 0.05) is 5.02 Å². The van der Waals surface area contributed by atoms with E-state index in [1.807, 2.05) is 36.4 Å². The lowest BCUT2D eigenvalue weighted by molar-refractivity contribution is -0.120. The molecule has 3 N–H and O–H groups in total. The highest BCUT2D eigenvalue weighted by molar-refractivity contribution is 6.30. The third kappa shape index (κ3) is 4.26. The molecule has 0 aliphatic carbocycles. The minimum absolute atomic E-state index is 0.215. The second-order valence-electron chi connectivity index (χ2n) is 4.31. The maximum Gasteiger partial charge on any atom is 0.238 e. The second kappa shape index (κ2) is 6.93. The molecule has 104 valence electrons. The van der Waals surface area contributed by atoms with Crippen LogP contribution in [0.5, 0.6) is 5.75 Å². The van der Waals surface area contributed by atoms with Gasteiger partial charge in [0.25, 0.3) is 0 Å². The van der Waals surface area contributed by atoms with Crippen LogP contribution in [0.1, 0.15) is 11.1 Å². The van der Waals surface area contributed by atoms with E-state index in [2.05, 4.69) is 5.43 Å². The molecular weight excluding hydrogens is 276 g/mol. The fourth-order valence-corrected chi connectivity index (χ4v) is 1.89. The molecule has 0 bridgehead atoms. The number of nitrogens with one attached hydrogen (secondary N) is 1. The Balaban J connectivity index is 1.92. The number of halogens is 1. The number of rotatable bonds is 5. The van der Waals surface area contributed by atoms with Crippen molar-refractivity contribution in [2.45, 2.75) is 13.0 Å². The van der Waals surface area contributed by atoms with Crippen LogP contribution in [0.15, 0.2) is 48.5 Å².